The number of ether oxygens (including phenoxy) is 1. The van der Waals surface area contributed by atoms with Gasteiger partial charge in [0.25, 0.3) is 0 Å². The first-order chi connectivity index (χ1) is 6.59. The Labute approximate surface area is 86.3 Å². The molecular formula is C9H10ClFN2O. The molecule has 14 heavy (non-hydrogen) atoms. The molecule has 0 aromatic rings. The monoisotopic (exact) mass is 216 g/mol. The molecule has 0 amide bonds. The quantitative estimate of drug-likeness (QED) is 0.629. The maximum absolute atomic E-state index is 13.4. The van der Waals surface area contributed by atoms with E-state index in [9.17, 15) is 4.39 Å². The number of rotatable bonds is 0. The Hall–Kier alpha value is -1.03. The van der Waals surface area contributed by atoms with Gasteiger partial charge in [-0.25, -0.2) is 4.39 Å². The largest absolute Gasteiger partial charge is 0.481 e. The van der Waals surface area contributed by atoms with Crippen LogP contribution < -0.4 is 0 Å². The lowest BCUT2D eigenvalue weighted by Gasteiger charge is -2.33. The summed E-state index contributed by atoms with van der Waals surface area (Å²) in [6.07, 6.45) is 1.84. The van der Waals surface area contributed by atoms with E-state index in [4.69, 9.17) is 21.7 Å². The van der Waals surface area contributed by atoms with Crippen molar-refractivity contribution in [1.82, 2.24) is 4.90 Å². The number of halogens is 2. The molecule has 1 N–H and O–H groups in total. The highest BCUT2D eigenvalue weighted by Gasteiger charge is 2.30. The minimum Gasteiger partial charge on any atom is -0.481 e. The molecule has 0 saturated carbocycles. The molecule has 0 spiro atoms. The fourth-order valence-electron chi connectivity index (χ4n) is 1.55. The first-order valence-electron chi connectivity index (χ1n) is 4.28. The lowest BCUT2D eigenvalue weighted by molar-refractivity contribution is 0.207. The van der Waals surface area contributed by atoms with Gasteiger partial charge in [0.1, 0.15) is 12.4 Å². The molecule has 0 radical (unpaired) electrons. The van der Waals surface area contributed by atoms with E-state index in [-0.39, 0.29) is 17.7 Å². The number of nitrogens with one attached hydrogen (secondary N) is 1. The van der Waals surface area contributed by atoms with Gasteiger partial charge in [0, 0.05) is 13.5 Å². The van der Waals surface area contributed by atoms with Gasteiger partial charge in [0.15, 0.2) is 11.6 Å². The van der Waals surface area contributed by atoms with Gasteiger partial charge < -0.3 is 9.64 Å². The average Bonchev–Trinajstić information content (AvgIpc) is 2.12. The van der Waals surface area contributed by atoms with Crippen LogP contribution in [0.2, 0.25) is 0 Å². The van der Waals surface area contributed by atoms with Crippen LogP contribution in [-0.4, -0.2) is 29.8 Å². The van der Waals surface area contributed by atoms with Gasteiger partial charge in [-0.2, -0.15) is 0 Å². The highest BCUT2D eigenvalue weighted by Crippen LogP contribution is 2.33. The van der Waals surface area contributed by atoms with Crippen LogP contribution in [0.4, 0.5) is 4.39 Å². The second-order valence-electron chi connectivity index (χ2n) is 3.30. The molecule has 1 atom stereocenters. The zero-order valence-electron chi connectivity index (χ0n) is 7.68. The van der Waals surface area contributed by atoms with Crippen molar-refractivity contribution in [1.29, 1.82) is 5.41 Å². The van der Waals surface area contributed by atoms with Gasteiger partial charge >= 0.3 is 0 Å². The summed E-state index contributed by atoms with van der Waals surface area (Å²) in [6.45, 7) is 0.115. The molecule has 1 aliphatic carbocycles. The zero-order valence-corrected chi connectivity index (χ0v) is 8.44. The highest BCUT2D eigenvalue weighted by molar-refractivity contribution is 6.22. The van der Waals surface area contributed by atoms with Crippen molar-refractivity contribution >= 4 is 17.4 Å². The van der Waals surface area contributed by atoms with E-state index in [2.05, 4.69) is 0 Å². The number of likely N-dealkylation sites (N-methyl/N-ethyl adjacent to an activating group) is 1. The van der Waals surface area contributed by atoms with Crippen molar-refractivity contribution in [3.63, 3.8) is 0 Å². The molecule has 1 unspecified atom stereocenters. The zero-order chi connectivity index (χ0) is 10.3. The summed E-state index contributed by atoms with van der Waals surface area (Å²) in [7, 11) is 1.72. The number of nitrogens with zero attached hydrogens (tertiary/aromatic N) is 1. The van der Waals surface area contributed by atoms with E-state index >= 15 is 0 Å². The van der Waals surface area contributed by atoms with Gasteiger partial charge in [0.2, 0.25) is 0 Å². The maximum atomic E-state index is 13.4. The second kappa shape index (κ2) is 3.28. The average molecular weight is 217 g/mol. The number of hydrogen-bond acceptors (Lipinski definition) is 2. The summed E-state index contributed by atoms with van der Waals surface area (Å²) >= 11 is 5.84. The van der Waals surface area contributed by atoms with E-state index < -0.39 is 5.83 Å². The van der Waals surface area contributed by atoms with E-state index in [1.807, 2.05) is 0 Å². The second-order valence-corrected chi connectivity index (χ2v) is 3.87. The number of amidine groups is 1. The van der Waals surface area contributed by atoms with Crippen molar-refractivity contribution < 1.29 is 9.13 Å². The molecule has 0 bridgehead atoms. The third-order valence-corrected chi connectivity index (χ3v) is 2.64. The number of allylic oxidation sites excluding steroid dienone is 3. The van der Waals surface area contributed by atoms with Crippen molar-refractivity contribution in [2.45, 2.75) is 11.8 Å². The molecule has 3 nitrogen and oxygen atoms in total. The smallest absolute Gasteiger partial charge is 0.174 e. The number of hydrogen-bond donors (Lipinski definition) is 1. The molecule has 0 fully saturated rings. The van der Waals surface area contributed by atoms with Crippen LogP contribution in [0.3, 0.4) is 0 Å². The summed E-state index contributed by atoms with van der Waals surface area (Å²) in [4.78, 5) is 1.63. The molecule has 5 heteroatoms. The lowest BCUT2D eigenvalue weighted by Crippen LogP contribution is -2.36. The standard InChI is InChI=1S/C9H10ClFN2O/c1-13-7-3-5(10)2-6(11)9(7)14-4-8(13)12/h2,5,12H,3-4H2,1H3. The minimum absolute atomic E-state index is 0.115. The Morgan fingerprint density at radius 2 is 2.43 bits per heavy atom. The number of alkyl halides is 1. The van der Waals surface area contributed by atoms with E-state index in [0.29, 0.717) is 18.0 Å². The predicted octanol–water partition coefficient (Wildman–Crippen LogP) is 2.00. The van der Waals surface area contributed by atoms with Crippen LogP contribution >= 0.6 is 11.6 Å². The van der Waals surface area contributed by atoms with E-state index in [0.717, 1.165) is 0 Å². The van der Waals surface area contributed by atoms with Crippen molar-refractivity contribution in [3.05, 3.63) is 23.4 Å². The fraction of sp³-hybridized carbons (Fsp3) is 0.444. The van der Waals surface area contributed by atoms with Gasteiger partial charge in [0.05, 0.1) is 11.1 Å². The molecule has 0 saturated heterocycles. The fourth-order valence-corrected chi connectivity index (χ4v) is 1.81. The van der Waals surface area contributed by atoms with Crippen LogP contribution in [0.25, 0.3) is 0 Å². The highest BCUT2D eigenvalue weighted by atomic mass is 35.5. The Bertz CT molecular complexity index is 351. The predicted molar refractivity (Wildman–Crippen MR) is 51.9 cm³/mol. The third kappa shape index (κ3) is 1.39. The Balaban J connectivity index is 2.40. The Morgan fingerprint density at radius 1 is 1.71 bits per heavy atom. The van der Waals surface area contributed by atoms with E-state index in [1.54, 1.807) is 11.9 Å². The normalized spacial score (nSPS) is 27.1. The van der Waals surface area contributed by atoms with Crippen LogP contribution in [0.15, 0.2) is 23.4 Å². The van der Waals surface area contributed by atoms with Crippen LogP contribution in [0.1, 0.15) is 6.42 Å². The van der Waals surface area contributed by atoms with Crippen molar-refractivity contribution in [3.8, 4) is 0 Å². The molecule has 76 valence electrons. The summed E-state index contributed by atoms with van der Waals surface area (Å²) < 4.78 is 18.5. The van der Waals surface area contributed by atoms with Crippen LogP contribution in [0, 0.1) is 5.41 Å². The summed E-state index contributed by atoms with van der Waals surface area (Å²) in [6, 6.07) is 0. The van der Waals surface area contributed by atoms with Gasteiger partial charge in [-0.05, 0) is 6.08 Å². The van der Waals surface area contributed by atoms with Crippen LogP contribution in [-0.2, 0) is 4.74 Å². The Morgan fingerprint density at radius 3 is 3.14 bits per heavy atom. The molecule has 1 heterocycles. The van der Waals surface area contributed by atoms with Gasteiger partial charge in [-0.1, -0.05) is 0 Å². The third-order valence-electron chi connectivity index (χ3n) is 2.36. The lowest BCUT2D eigenvalue weighted by atomic mass is 10.1. The molecule has 1 aliphatic heterocycles. The van der Waals surface area contributed by atoms with Crippen molar-refractivity contribution in [2.75, 3.05) is 13.7 Å². The summed E-state index contributed by atoms with van der Waals surface area (Å²) in [5.41, 5.74) is 0.654. The first-order valence-corrected chi connectivity index (χ1v) is 4.72. The SMILES string of the molecule is CN1C(=N)COC2=C1CC(Cl)C=C2F. The molecule has 2 aliphatic rings. The van der Waals surface area contributed by atoms with Crippen LogP contribution in [0.5, 0.6) is 0 Å². The van der Waals surface area contributed by atoms with E-state index in [1.165, 1.54) is 6.08 Å². The minimum atomic E-state index is -0.425. The maximum Gasteiger partial charge on any atom is 0.174 e. The molecular weight excluding hydrogens is 207 g/mol. The molecule has 0 aromatic heterocycles. The van der Waals surface area contributed by atoms with Gasteiger partial charge in [-0.3, -0.25) is 5.41 Å². The topological polar surface area (TPSA) is 36.3 Å². The first kappa shape index (κ1) is 9.52. The van der Waals surface area contributed by atoms with Gasteiger partial charge in [-0.15, -0.1) is 11.6 Å². The molecule has 2 rings (SSSR count). The summed E-state index contributed by atoms with van der Waals surface area (Å²) in [5, 5.41) is 7.18. The Kier molecular flexibility index (Phi) is 2.23. The van der Waals surface area contributed by atoms with Crippen molar-refractivity contribution in [2.24, 2.45) is 0 Å². The summed E-state index contributed by atoms with van der Waals surface area (Å²) in [5.74, 6) is 0.133. The molecule has 0 aromatic carbocycles.